The number of rotatable bonds is 4. The van der Waals surface area contributed by atoms with Crippen molar-refractivity contribution in [2.24, 2.45) is 10.7 Å². The van der Waals surface area contributed by atoms with Gasteiger partial charge in [0.15, 0.2) is 0 Å². The molecule has 0 bridgehead atoms. The smallest absolute Gasteiger partial charge is 0.213 e. The summed E-state index contributed by atoms with van der Waals surface area (Å²) in [6, 6.07) is 3.79. The molecular formula is C14H19N5O. The molecule has 3 N–H and O–H groups in total. The average Bonchev–Trinajstić information content (AvgIpc) is 2.81. The Balaban J connectivity index is 2.58. The van der Waals surface area contributed by atoms with E-state index in [2.05, 4.69) is 20.2 Å². The molecule has 0 atom stereocenters. The van der Waals surface area contributed by atoms with E-state index in [9.17, 15) is 0 Å². The molecule has 106 valence electrons. The molecule has 0 unspecified atom stereocenters. The Kier molecular flexibility index (Phi) is 4.02. The number of aromatic nitrogens is 3. The number of H-pyrrole nitrogens is 1. The quantitative estimate of drug-likeness (QED) is 0.657. The van der Waals surface area contributed by atoms with Crippen molar-refractivity contribution in [2.45, 2.75) is 20.8 Å². The van der Waals surface area contributed by atoms with Gasteiger partial charge in [0.05, 0.1) is 7.11 Å². The second kappa shape index (κ2) is 5.73. The van der Waals surface area contributed by atoms with Gasteiger partial charge in [-0.1, -0.05) is 0 Å². The molecule has 0 aliphatic carbocycles. The molecule has 0 spiro atoms. The number of amidine groups is 1. The van der Waals surface area contributed by atoms with E-state index in [-0.39, 0.29) is 0 Å². The van der Waals surface area contributed by atoms with Gasteiger partial charge in [0.1, 0.15) is 11.5 Å². The van der Waals surface area contributed by atoms with Crippen molar-refractivity contribution in [3.05, 3.63) is 29.2 Å². The molecule has 2 aromatic rings. The Labute approximate surface area is 118 Å². The van der Waals surface area contributed by atoms with Gasteiger partial charge in [-0.2, -0.15) is 5.10 Å². The third kappa shape index (κ3) is 2.49. The molecule has 0 aliphatic heterocycles. The molecule has 20 heavy (non-hydrogen) atoms. The van der Waals surface area contributed by atoms with E-state index in [1.807, 2.05) is 32.9 Å². The molecule has 0 radical (unpaired) electrons. The molecule has 0 amide bonds. The van der Waals surface area contributed by atoms with Crippen LogP contribution in [0.2, 0.25) is 0 Å². The zero-order chi connectivity index (χ0) is 14.7. The van der Waals surface area contributed by atoms with Gasteiger partial charge >= 0.3 is 0 Å². The molecule has 0 saturated carbocycles. The van der Waals surface area contributed by atoms with Crippen LogP contribution in [-0.2, 0) is 0 Å². The zero-order valence-corrected chi connectivity index (χ0v) is 12.2. The first-order valence-corrected chi connectivity index (χ1v) is 6.45. The van der Waals surface area contributed by atoms with Crippen molar-refractivity contribution in [1.82, 2.24) is 15.2 Å². The summed E-state index contributed by atoms with van der Waals surface area (Å²) in [6.07, 6.45) is 0. The largest absolute Gasteiger partial charge is 0.481 e. The summed E-state index contributed by atoms with van der Waals surface area (Å²) in [5.74, 6) is 1.02. The number of aryl methyl sites for hydroxylation is 2. The maximum atomic E-state index is 5.99. The Morgan fingerprint density at radius 3 is 2.75 bits per heavy atom. The third-order valence-corrected chi connectivity index (χ3v) is 3.06. The first kappa shape index (κ1) is 14.0. The SMILES string of the molecule is CCN=C(N)c1n[nH]c(C)c1-c1ccc(OC)nc1C. The summed E-state index contributed by atoms with van der Waals surface area (Å²) in [5.41, 5.74) is 10.4. The van der Waals surface area contributed by atoms with Crippen LogP contribution < -0.4 is 10.5 Å². The Hall–Kier alpha value is -2.37. The standard InChI is InChI=1S/C14H19N5O/c1-5-16-14(15)13-12(9(3)18-19-13)10-6-7-11(20-4)17-8(10)2/h6-7H,5H2,1-4H3,(H2,15,16)(H,18,19). The van der Waals surface area contributed by atoms with Gasteiger partial charge < -0.3 is 10.5 Å². The lowest BCUT2D eigenvalue weighted by Gasteiger charge is -2.08. The summed E-state index contributed by atoms with van der Waals surface area (Å²) < 4.78 is 5.13. The van der Waals surface area contributed by atoms with Crippen molar-refractivity contribution in [3.63, 3.8) is 0 Å². The van der Waals surface area contributed by atoms with Crippen LogP contribution in [0.5, 0.6) is 5.88 Å². The first-order valence-electron chi connectivity index (χ1n) is 6.45. The van der Waals surface area contributed by atoms with Crippen LogP contribution in [0.1, 0.15) is 24.0 Å². The monoisotopic (exact) mass is 273 g/mol. The molecule has 0 aliphatic rings. The van der Waals surface area contributed by atoms with E-state index in [4.69, 9.17) is 10.5 Å². The van der Waals surface area contributed by atoms with Gasteiger partial charge in [-0.25, -0.2) is 4.98 Å². The van der Waals surface area contributed by atoms with Crippen molar-refractivity contribution in [3.8, 4) is 17.0 Å². The van der Waals surface area contributed by atoms with E-state index in [1.54, 1.807) is 7.11 Å². The first-order chi connectivity index (χ1) is 9.58. The average molecular weight is 273 g/mol. The molecule has 6 nitrogen and oxygen atoms in total. The summed E-state index contributed by atoms with van der Waals surface area (Å²) in [5, 5.41) is 7.22. The van der Waals surface area contributed by atoms with Gasteiger partial charge in [0.2, 0.25) is 5.88 Å². The molecule has 0 aromatic carbocycles. The number of nitrogens with one attached hydrogen (secondary N) is 1. The van der Waals surface area contributed by atoms with Crippen molar-refractivity contribution < 1.29 is 4.74 Å². The van der Waals surface area contributed by atoms with Gasteiger partial charge in [-0.15, -0.1) is 0 Å². The lowest BCUT2D eigenvalue weighted by atomic mass is 10.0. The van der Waals surface area contributed by atoms with Crippen LogP contribution >= 0.6 is 0 Å². The fourth-order valence-electron chi connectivity index (χ4n) is 2.11. The van der Waals surface area contributed by atoms with Gasteiger partial charge in [-0.3, -0.25) is 10.1 Å². The lowest BCUT2D eigenvalue weighted by Crippen LogP contribution is -2.15. The van der Waals surface area contributed by atoms with Crippen molar-refractivity contribution in [2.75, 3.05) is 13.7 Å². The van der Waals surface area contributed by atoms with Gasteiger partial charge in [0.25, 0.3) is 0 Å². The second-order valence-electron chi connectivity index (χ2n) is 4.42. The zero-order valence-electron chi connectivity index (χ0n) is 12.2. The molecular weight excluding hydrogens is 254 g/mol. The van der Waals surface area contributed by atoms with Crippen LogP contribution in [-0.4, -0.2) is 34.7 Å². The van der Waals surface area contributed by atoms with Crippen molar-refractivity contribution >= 4 is 5.84 Å². The van der Waals surface area contributed by atoms with E-state index in [1.165, 1.54) is 0 Å². The van der Waals surface area contributed by atoms with E-state index >= 15 is 0 Å². The number of nitrogens with two attached hydrogens (primary N) is 1. The molecule has 6 heteroatoms. The van der Waals surface area contributed by atoms with Crippen LogP contribution in [0.15, 0.2) is 17.1 Å². The summed E-state index contributed by atoms with van der Waals surface area (Å²) in [7, 11) is 1.60. The highest BCUT2D eigenvalue weighted by atomic mass is 16.5. The van der Waals surface area contributed by atoms with Crippen molar-refractivity contribution in [1.29, 1.82) is 0 Å². The second-order valence-corrected chi connectivity index (χ2v) is 4.42. The number of hydrogen-bond acceptors (Lipinski definition) is 4. The third-order valence-electron chi connectivity index (χ3n) is 3.06. The highest BCUT2D eigenvalue weighted by Crippen LogP contribution is 2.29. The van der Waals surface area contributed by atoms with Gasteiger partial charge in [0, 0.05) is 35.1 Å². The topological polar surface area (TPSA) is 89.2 Å². The number of ether oxygens (including phenoxy) is 1. The number of pyridine rings is 1. The number of aromatic amines is 1. The van der Waals surface area contributed by atoms with Crippen LogP contribution in [0.4, 0.5) is 0 Å². The fourth-order valence-corrected chi connectivity index (χ4v) is 2.11. The highest BCUT2D eigenvalue weighted by molar-refractivity contribution is 6.02. The Morgan fingerprint density at radius 2 is 2.15 bits per heavy atom. The Morgan fingerprint density at radius 1 is 1.40 bits per heavy atom. The number of aliphatic imine (C=N–C) groups is 1. The van der Waals surface area contributed by atoms with Gasteiger partial charge in [-0.05, 0) is 26.8 Å². The van der Waals surface area contributed by atoms with Crippen LogP contribution in [0.25, 0.3) is 11.1 Å². The maximum absolute atomic E-state index is 5.99. The normalized spacial score (nSPS) is 11.7. The molecule has 2 heterocycles. The van der Waals surface area contributed by atoms with E-state index in [0.29, 0.717) is 24.0 Å². The molecule has 0 saturated heterocycles. The molecule has 2 rings (SSSR count). The highest BCUT2D eigenvalue weighted by Gasteiger charge is 2.17. The van der Waals surface area contributed by atoms with Crippen LogP contribution in [0.3, 0.4) is 0 Å². The minimum atomic E-state index is 0.432. The fraction of sp³-hybridized carbons (Fsp3) is 0.357. The minimum Gasteiger partial charge on any atom is -0.481 e. The number of nitrogens with zero attached hydrogens (tertiary/aromatic N) is 3. The number of methoxy groups -OCH3 is 1. The summed E-state index contributed by atoms with van der Waals surface area (Å²) >= 11 is 0. The van der Waals surface area contributed by atoms with E-state index < -0.39 is 0 Å². The molecule has 2 aromatic heterocycles. The Bertz CT molecular complexity index is 645. The molecule has 0 fully saturated rings. The predicted molar refractivity (Wildman–Crippen MR) is 79.1 cm³/mol. The van der Waals surface area contributed by atoms with E-state index in [0.717, 1.165) is 22.5 Å². The summed E-state index contributed by atoms with van der Waals surface area (Å²) in [4.78, 5) is 8.62. The van der Waals surface area contributed by atoms with Crippen LogP contribution in [0, 0.1) is 13.8 Å². The number of hydrogen-bond donors (Lipinski definition) is 2. The predicted octanol–water partition coefficient (Wildman–Crippen LogP) is 1.82. The summed E-state index contributed by atoms with van der Waals surface area (Å²) in [6.45, 7) is 6.44. The lowest BCUT2D eigenvalue weighted by molar-refractivity contribution is 0.397. The minimum absolute atomic E-state index is 0.432. The maximum Gasteiger partial charge on any atom is 0.213 e.